The maximum absolute atomic E-state index is 13.5. The van der Waals surface area contributed by atoms with Crippen molar-refractivity contribution < 1.29 is 22.3 Å². The van der Waals surface area contributed by atoms with Crippen molar-refractivity contribution in [2.24, 2.45) is 11.8 Å². The van der Waals surface area contributed by atoms with Crippen LogP contribution in [0.1, 0.15) is 5.69 Å². The second kappa shape index (κ2) is 6.10. The lowest BCUT2D eigenvalue weighted by molar-refractivity contribution is -0.141. The Morgan fingerprint density at radius 3 is 2.61 bits per heavy atom. The summed E-state index contributed by atoms with van der Waals surface area (Å²) >= 11 is 0. The van der Waals surface area contributed by atoms with Crippen molar-refractivity contribution in [3.63, 3.8) is 0 Å². The predicted octanol–water partition coefficient (Wildman–Crippen LogP) is 3.64. The van der Waals surface area contributed by atoms with Crippen molar-refractivity contribution in [2.75, 3.05) is 17.2 Å². The van der Waals surface area contributed by atoms with Gasteiger partial charge in [0.1, 0.15) is 23.0 Å². The number of rotatable bonds is 5. The van der Waals surface area contributed by atoms with Crippen LogP contribution in [0.4, 0.5) is 34.9 Å². The van der Waals surface area contributed by atoms with Crippen molar-refractivity contribution in [3.05, 3.63) is 54.2 Å². The number of ether oxygens (including phenoxy) is 1. The minimum Gasteiger partial charge on any atom is -0.375 e. The minimum absolute atomic E-state index is 0.00985. The second-order valence-electron chi connectivity index (χ2n) is 7.80. The molecule has 3 aromatic rings. The van der Waals surface area contributed by atoms with Crippen LogP contribution >= 0.6 is 0 Å². The number of nitrogens with zero attached hydrogens (tertiary/aromatic N) is 4. The summed E-state index contributed by atoms with van der Waals surface area (Å²) < 4.78 is 58.4. The highest BCUT2D eigenvalue weighted by atomic mass is 19.4. The Kier molecular flexibility index (Phi) is 3.62. The molecule has 0 amide bonds. The second-order valence-corrected chi connectivity index (χ2v) is 7.80. The maximum atomic E-state index is 13.5. The van der Waals surface area contributed by atoms with E-state index in [1.54, 1.807) is 12.1 Å². The molecule has 2 aliphatic heterocycles. The number of alkyl halides is 3. The smallest absolute Gasteiger partial charge is 0.375 e. The molecule has 4 unspecified atom stereocenters. The van der Waals surface area contributed by atoms with Gasteiger partial charge in [-0.2, -0.15) is 17.6 Å². The molecular weight excluding hydrogens is 416 g/mol. The van der Waals surface area contributed by atoms with Gasteiger partial charge in [0, 0.05) is 35.9 Å². The van der Waals surface area contributed by atoms with Crippen LogP contribution in [-0.2, 0) is 10.9 Å². The van der Waals surface area contributed by atoms with Crippen LogP contribution in [0.15, 0.2) is 42.6 Å². The Morgan fingerprint density at radius 2 is 1.90 bits per heavy atom. The van der Waals surface area contributed by atoms with Crippen LogP contribution in [0.25, 0.3) is 11.5 Å². The third-order valence-corrected chi connectivity index (χ3v) is 5.97. The molecule has 31 heavy (non-hydrogen) atoms. The quantitative estimate of drug-likeness (QED) is 0.472. The molecule has 158 valence electrons. The first kappa shape index (κ1) is 18.4. The SMILES string of the molecule is Fc1cc(Nc2cc(NC34C5COC3C54)nc(-c3cccc(C(F)(F)F)n3)n2)ccn1. The summed E-state index contributed by atoms with van der Waals surface area (Å²) in [5.74, 6) is 0.914. The minimum atomic E-state index is -4.59. The fourth-order valence-corrected chi connectivity index (χ4v) is 4.41. The lowest BCUT2D eigenvalue weighted by atomic mass is 10.2. The van der Waals surface area contributed by atoms with E-state index in [9.17, 15) is 17.6 Å². The van der Waals surface area contributed by atoms with Crippen LogP contribution in [0, 0.1) is 17.8 Å². The number of pyridine rings is 2. The van der Waals surface area contributed by atoms with Crippen LogP contribution in [0.3, 0.4) is 0 Å². The first-order valence-electron chi connectivity index (χ1n) is 9.57. The third-order valence-electron chi connectivity index (χ3n) is 5.97. The van der Waals surface area contributed by atoms with Crippen molar-refractivity contribution in [3.8, 4) is 11.5 Å². The van der Waals surface area contributed by atoms with Gasteiger partial charge >= 0.3 is 6.18 Å². The maximum Gasteiger partial charge on any atom is 0.433 e. The topological polar surface area (TPSA) is 84.9 Å². The van der Waals surface area contributed by atoms with Gasteiger partial charge in [-0.15, -0.1) is 0 Å². The molecule has 2 bridgehead atoms. The summed E-state index contributed by atoms with van der Waals surface area (Å²) in [6.07, 6.45) is -3.15. The highest BCUT2D eigenvalue weighted by Gasteiger charge is 2.92. The normalized spacial score (nSPS) is 27.5. The van der Waals surface area contributed by atoms with E-state index in [4.69, 9.17) is 4.74 Å². The van der Waals surface area contributed by atoms with E-state index in [1.807, 2.05) is 0 Å². The lowest BCUT2D eigenvalue weighted by Gasteiger charge is -2.14. The number of fused-ring (bicyclic) bond motifs is 1. The third kappa shape index (κ3) is 2.91. The van der Waals surface area contributed by atoms with Crippen molar-refractivity contribution in [2.45, 2.75) is 17.8 Å². The Hall–Kier alpha value is -3.34. The van der Waals surface area contributed by atoms with E-state index < -0.39 is 17.8 Å². The van der Waals surface area contributed by atoms with Gasteiger partial charge in [0.05, 0.1) is 18.2 Å². The van der Waals surface area contributed by atoms with Crippen molar-refractivity contribution in [1.29, 1.82) is 0 Å². The number of nitrogens with one attached hydrogen (secondary N) is 2. The molecule has 2 saturated heterocycles. The molecule has 7 rings (SSSR count). The van der Waals surface area contributed by atoms with E-state index in [0.29, 0.717) is 29.9 Å². The molecule has 0 spiro atoms. The van der Waals surface area contributed by atoms with E-state index in [-0.39, 0.29) is 29.0 Å². The zero-order valence-corrected chi connectivity index (χ0v) is 15.7. The van der Waals surface area contributed by atoms with Crippen LogP contribution in [0.5, 0.6) is 0 Å². The van der Waals surface area contributed by atoms with Crippen molar-refractivity contribution in [1.82, 2.24) is 19.9 Å². The average molecular weight is 430 g/mol. The molecule has 7 nitrogen and oxygen atoms in total. The summed E-state index contributed by atoms with van der Waals surface area (Å²) in [5.41, 5.74) is -0.820. The largest absolute Gasteiger partial charge is 0.433 e. The molecule has 0 radical (unpaired) electrons. The molecular formula is C20H14F4N6O. The zero-order chi connectivity index (χ0) is 21.4. The summed E-state index contributed by atoms with van der Waals surface area (Å²) in [7, 11) is 0. The summed E-state index contributed by atoms with van der Waals surface area (Å²) in [4.78, 5) is 15.9. The fourth-order valence-electron chi connectivity index (χ4n) is 4.41. The summed E-state index contributed by atoms with van der Waals surface area (Å²) in [5, 5.41) is 6.31. The summed E-state index contributed by atoms with van der Waals surface area (Å²) in [6.45, 7) is 0.691. The van der Waals surface area contributed by atoms with Gasteiger partial charge in [-0.05, 0) is 18.2 Å². The monoisotopic (exact) mass is 430 g/mol. The Labute approximate surface area is 172 Å². The highest BCUT2D eigenvalue weighted by molar-refractivity contribution is 5.66. The fraction of sp³-hybridized carbons (Fsp3) is 0.300. The first-order valence-corrected chi connectivity index (χ1v) is 9.57. The van der Waals surface area contributed by atoms with Gasteiger partial charge in [0.2, 0.25) is 5.95 Å². The van der Waals surface area contributed by atoms with E-state index >= 15 is 0 Å². The average Bonchev–Trinajstić information content (AvgIpc) is 3.35. The van der Waals surface area contributed by atoms with Gasteiger partial charge in [0.25, 0.3) is 0 Å². The Bertz CT molecular complexity index is 1180. The molecule has 4 fully saturated rings. The Balaban J connectivity index is 1.38. The molecule has 4 atom stereocenters. The van der Waals surface area contributed by atoms with Gasteiger partial charge in [-0.3, -0.25) is 0 Å². The number of hydrogen-bond acceptors (Lipinski definition) is 7. The van der Waals surface area contributed by atoms with Gasteiger partial charge in [-0.1, -0.05) is 6.07 Å². The molecule has 0 aromatic carbocycles. The van der Waals surface area contributed by atoms with Crippen molar-refractivity contribution >= 4 is 17.3 Å². The number of hydrogen-bond donors (Lipinski definition) is 2. The Morgan fingerprint density at radius 1 is 1.06 bits per heavy atom. The first-order chi connectivity index (χ1) is 14.8. The molecule has 2 saturated carbocycles. The number of halogens is 4. The molecule has 11 heteroatoms. The molecule has 5 heterocycles. The molecule has 2 N–H and O–H groups in total. The van der Waals surface area contributed by atoms with E-state index in [2.05, 4.69) is 30.6 Å². The molecule has 3 aromatic heterocycles. The lowest BCUT2D eigenvalue weighted by Crippen LogP contribution is -2.22. The van der Waals surface area contributed by atoms with Crippen LogP contribution in [0.2, 0.25) is 0 Å². The van der Waals surface area contributed by atoms with Gasteiger partial charge in [-0.25, -0.2) is 19.9 Å². The molecule has 4 aliphatic rings. The highest BCUT2D eigenvalue weighted by Crippen LogP contribution is 2.78. The number of anilines is 3. The van der Waals surface area contributed by atoms with E-state index in [1.165, 1.54) is 24.4 Å². The standard InChI is InChI=1S/C20H14F4N6O/c21-13-6-9(4-5-25-13)26-14-7-15(30-19-10-8-31-17(19)16(10)19)29-18(28-14)11-2-1-3-12(27-11)20(22,23)24/h1-7,10,16-17H,8H2,(H2,25,26,28,29,30). The van der Waals surface area contributed by atoms with E-state index in [0.717, 1.165) is 6.07 Å². The number of aromatic nitrogens is 4. The van der Waals surface area contributed by atoms with Crippen LogP contribution < -0.4 is 10.6 Å². The molecule has 2 aliphatic carbocycles. The van der Waals surface area contributed by atoms with Gasteiger partial charge < -0.3 is 15.4 Å². The van der Waals surface area contributed by atoms with Crippen LogP contribution in [-0.4, -0.2) is 38.2 Å². The summed E-state index contributed by atoms with van der Waals surface area (Å²) in [6, 6.07) is 7.90. The predicted molar refractivity (Wildman–Crippen MR) is 101 cm³/mol. The van der Waals surface area contributed by atoms with Gasteiger partial charge in [0.15, 0.2) is 5.82 Å². The zero-order valence-electron chi connectivity index (χ0n) is 15.7.